The van der Waals surface area contributed by atoms with Gasteiger partial charge in [-0.3, -0.25) is 4.79 Å². The smallest absolute Gasteiger partial charge is 0.302 e. The molecule has 10 atom stereocenters. The molecule has 0 bridgehead atoms. The first kappa shape index (κ1) is 27.1. The third kappa shape index (κ3) is 4.58. The number of fused-ring (bicyclic) bond motifs is 5. The molecule has 0 radical (unpaired) electrons. The highest BCUT2D eigenvalue weighted by Gasteiger charge is 2.67. The van der Waals surface area contributed by atoms with Gasteiger partial charge in [0.25, 0.3) is 0 Å². The van der Waals surface area contributed by atoms with Crippen molar-refractivity contribution in [1.82, 2.24) is 0 Å². The predicted molar refractivity (Wildman–Crippen MR) is 140 cm³/mol. The Balaban J connectivity index is 1.50. The number of hydrogen-bond acceptors (Lipinski definition) is 3. The van der Waals surface area contributed by atoms with E-state index in [9.17, 15) is 9.90 Å². The number of ether oxygens (including phenoxy) is 1. The first-order valence-corrected chi connectivity index (χ1v) is 14.8. The van der Waals surface area contributed by atoms with Crippen LogP contribution in [0.2, 0.25) is 0 Å². The fraction of sp³-hybridized carbons (Fsp3) is 0.966. The van der Waals surface area contributed by atoms with Crippen LogP contribution < -0.4 is 0 Å². The fourth-order valence-corrected chi connectivity index (χ4v) is 10.6. The molecule has 196 valence electrons. The van der Waals surface area contributed by atoms with Crippen molar-refractivity contribution in [2.45, 2.75) is 134 Å². The highest BCUT2D eigenvalue weighted by atomic mass is 35.5. The van der Waals surface area contributed by atoms with Crippen molar-refractivity contribution in [3.63, 3.8) is 0 Å². The topological polar surface area (TPSA) is 46.5 Å². The van der Waals surface area contributed by atoms with Crippen LogP contribution in [0.25, 0.3) is 0 Å². The van der Waals surface area contributed by atoms with Gasteiger partial charge in [0.2, 0.25) is 0 Å². The van der Waals surface area contributed by atoms with Crippen LogP contribution in [0.1, 0.15) is 112 Å². The predicted octanol–water partition coefficient (Wildman–Crippen LogP) is 7.73. The van der Waals surface area contributed by atoms with Gasteiger partial charge in [-0.15, -0.1) is 23.2 Å². The summed E-state index contributed by atoms with van der Waals surface area (Å²) in [7, 11) is 0. The Morgan fingerprint density at radius 3 is 2.50 bits per heavy atom. The molecule has 0 amide bonds. The van der Waals surface area contributed by atoms with Crippen molar-refractivity contribution >= 4 is 29.2 Å². The van der Waals surface area contributed by atoms with E-state index in [0.29, 0.717) is 29.6 Å². The summed E-state index contributed by atoms with van der Waals surface area (Å²) >= 11 is 14.7. The van der Waals surface area contributed by atoms with Gasteiger partial charge in [-0.05, 0) is 106 Å². The van der Waals surface area contributed by atoms with Crippen LogP contribution in [0.5, 0.6) is 0 Å². The third-order valence-corrected chi connectivity index (χ3v) is 12.7. The molecule has 0 unspecified atom stereocenters. The lowest BCUT2D eigenvalue weighted by Crippen LogP contribution is -2.65. The van der Waals surface area contributed by atoms with Crippen molar-refractivity contribution in [1.29, 1.82) is 0 Å². The average Bonchev–Trinajstić information content (AvgIpc) is 3.06. The first-order valence-electron chi connectivity index (χ1n) is 13.9. The van der Waals surface area contributed by atoms with Crippen LogP contribution in [0.3, 0.4) is 0 Å². The molecule has 5 heteroatoms. The zero-order valence-corrected chi connectivity index (χ0v) is 23.9. The quantitative estimate of drug-likeness (QED) is 0.291. The van der Waals surface area contributed by atoms with Gasteiger partial charge in [-0.25, -0.2) is 0 Å². The molecule has 4 fully saturated rings. The van der Waals surface area contributed by atoms with Gasteiger partial charge < -0.3 is 9.84 Å². The van der Waals surface area contributed by atoms with E-state index in [4.69, 9.17) is 27.9 Å². The Morgan fingerprint density at radius 1 is 1.15 bits per heavy atom. The van der Waals surface area contributed by atoms with E-state index in [1.807, 2.05) is 13.8 Å². The Kier molecular flexibility index (Phi) is 7.47. The van der Waals surface area contributed by atoms with Gasteiger partial charge >= 0.3 is 5.97 Å². The minimum Gasteiger partial charge on any atom is -0.462 e. The maximum atomic E-state index is 11.6. The highest BCUT2D eigenvalue weighted by Crippen LogP contribution is 2.71. The largest absolute Gasteiger partial charge is 0.462 e. The summed E-state index contributed by atoms with van der Waals surface area (Å²) in [6.07, 6.45) is 11.9. The first-order chi connectivity index (χ1) is 15.7. The number of halogens is 2. The fourth-order valence-electron chi connectivity index (χ4n) is 9.52. The van der Waals surface area contributed by atoms with Crippen LogP contribution in [0.15, 0.2) is 0 Å². The van der Waals surface area contributed by atoms with Gasteiger partial charge in [-0.2, -0.15) is 0 Å². The molecule has 34 heavy (non-hydrogen) atoms. The van der Waals surface area contributed by atoms with Crippen molar-refractivity contribution in [2.24, 2.45) is 40.4 Å². The summed E-state index contributed by atoms with van der Waals surface area (Å²) in [6.45, 7) is 12.8. The van der Waals surface area contributed by atoms with Gasteiger partial charge in [0.15, 0.2) is 0 Å². The van der Waals surface area contributed by atoms with E-state index in [0.717, 1.165) is 43.9 Å². The van der Waals surface area contributed by atoms with E-state index in [1.54, 1.807) is 0 Å². The van der Waals surface area contributed by atoms with E-state index in [1.165, 1.54) is 39.0 Å². The van der Waals surface area contributed by atoms with Crippen LogP contribution in [0, 0.1) is 40.4 Å². The molecule has 4 saturated carbocycles. The number of carbonyl (C=O) groups excluding carboxylic acids is 1. The average molecular weight is 516 g/mol. The van der Waals surface area contributed by atoms with Gasteiger partial charge in [0.1, 0.15) is 6.10 Å². The molecule has 0 aliphatic heterocycles. The molecule has 0 heterocycles. The number of rotatable bonds is 6. The molecule has 4 aliphatic rings. The second-order valence-corrected chi connectivity index (χ2v) is 14.9. The lowest BCUT2D eigenvalue weighted by molar-refractivity contribution is -0.156. The molecule has 0 aromatic heterocycles. The van der Waals surface area contributed by atoms with E-state index < -0.39 is 10.5 Å². The molecule has 3 nitrogen and oxygen atoms in total. The lowest BCUT2D eigenvalue weighted by Gasteiger charge is -2.65. The number of aliphatic hydroxyl groups is 1. The van der Waals surface area contributed by atoms with Crippen LogP contribution in [0.4, 0.5) is 0 Å². The highest BCUT2D eigenvalue weighted by molar-refractivity contribution is 6.33. The molecule has 0 aromatic carbocycles. The van der Waals surface area contributed by atoms with Crippen LogP contribution in [-0.4, -0.2) is 33.0 Å². The minimum absolute atomic E-state index is 0.00171. The summed E-state index contributed by atoms with van der Waals surface area (Å²) in [5, 5.41) is 10.1. The maximum absolute atomic E-state index is 11.6. The molecular formula is C29H48Cl2O3. The third-order valence-electron chi connectivity index (χ3n) is 11.2. The van der Waals surface area contributed by atoms with E-state index in [2.05, 4.69) is 20.8 Å². The second kappa shape index (κ2) is 9.39. The molecule has 0 saturated heterocycles. The van der Waals surface area contributed by atoms with Gasteiger partial charge in [0.05, 0.1) is 15.9 Å². The van der Waals surface area contributed by atoms with Crippen molar-refractivity contribution in [2.75, 3.05) is 0 Å². The van der Waals surface area contributed by atoms with Crippen LogP contribution in [-0.2, 0) is 9.53 Å². The van der Waals surface area contributed by atoms with Gasteiger partial charge in [0, 0.05) is 13.3 Å². The molecule has 1 N–H and O–H groups in total. The Morgan fingerprint density at radius 2 is 1.85 bits per heavy atom. The summed E-state index contributed by atoms with van der Waals surface area (Å²) in [5.74, 6) is 3.25. The Labute approximate surface area is 218 Å². The van der Waals surface area contributed by atoms with Crippen molar-refractivity contribution in [3.05, 3.63) is 0 Å². The lowest BCUT2D eigenvalue weighted by atomic mass is 9.44. The number of carbonyl (C=O) groups is 1. The Bertz CT molecular complexity index is 765. The summed E-state index contributed by atoms with van der Waals surface area (Å²) in [5.41, 5.74) is -0.170. The van der Waals surface area contributed by atoms with E-state index in [-0.39, 0.29) is 22.9 Å². The normalized spacial score (nSPS) is 47.3. The summed E-state index contributed by atoms with van der Waals surface area (Å²) in [4.78, 5) is 11.1. The number of hydrogen-bond donors (Lipinski definition) is 1. The SMILES string of the molecule is CC(=O)O[C@H]1CC[C@]2(C)[C@H]3CC[C@]4(C)[C@@H]([C@H](C)CCCC(C)(C)O)CC[C@H]4[C@@H]3C[C@@H](Cl)[C@@]2(Cl)C1. The standard InChI is InChI=1S/C29H48Cl2O3/c1-18(8-7-13-26(3,4)33)22-9-10-23-21-16-25(30)29(31)17-20(34-19(2)32)11-15-28(29,6)24(21)12-14-27(22,23)5/h18,20-25,33H,7-17H2,1-6H3/t18-,20+,21+,22-,23+,24+,25-,27-,28-,29+/m1/s1. The molecule has 0 aromatic rings. The van der Waals surface area contributed by atoms with E-state index >= 15 is 0 Å². The van der Waals surface area contributed by atoms with Crippen molar-refractivity contribution in [3.8, 4) is 0 Å². The summed E-state index contributed by atoms with van der Waals surface area (Å²) < 4.78 is 5.62. The Hall–Kier alpha value is 0.01000. The zero-order valence-electron chi connectivity index (χ0n) is 22.3. The van der Waals surface area contributed by atoms with Crippen molar-refractivity contribution < 1.29 is 14.6 Å². The molecule has 0 spiro atoms. The van der Waals surface area contributed by atoms with Crippen LogP contribution >= 0.6 is 23.2 Å². The maximum Gasteiger partial charge on any atom is 0.302 e. The minimum atomic E-state index is -0.560. The molecule has 4 aliphatic carbocycles. The number of alkyl halides is 2. The monoisotopic (exact) mass is 514 g/mol. The zero-order chi connectivity index (χ0) is 25.1. The second-order valence-electron chi connectivity index (χ2n) is 13.7. The number of esters is 1. The van der Waals surface area contributed by atoms with Gasteiger partial charge in [-0.1, -0.05) is 33.6 Å². The molecular weight excluding hydrogens is 467 g/mol. The summed E-state index contributed by atoms with van der Waals surface area (Å²) in [6, 6.07) is 0. The molecule has 4 rings (SSSR count).